The number of aliphatic hydroxyl groups is 1. The van der Waals surface area contributed by atoms with Crippen molar-refractivity contribution in [1.82, 2.24) is 0 Å². The number of carbonyl (C=O) groups excluding carboxylic acids is 4. The summed E-state index contributed by atoms with van der Waals surface area (Å²) in [6.45, 7) is 16.9. The number of ketones is 2. The number of hydrogen-bond donors (Lipinski definition) is 1. The van der Waals surface area contributed by atoms with Gasteiger partial charge in [0.1, 0.15) is 6.10 Å². The summed E-state index contributed by atoms with van der Waals surface area (Å²) in [5.74, 6) is -1.31. The third-order valence-electron chi connectivity index (χ3n) is 13.1. The Labute approximate surface area is 244 Å². The molecule has 12 atom stereocenters. The van der Waals surface area contributed by atoms with E-state index in [1.54, 1.807) is 6.92 Å². The van der Waals surface area contributed by atoms with Crippen molar-refractivity contribution < 1.29 is 33.8 Å². The fraction of sp³-hybridized carbons (Fsp3) is 0.765. The Kier molecular flexibility index (Phi) is 7.28. The molecule has 226 valence electrons. The zero-order chi connectivity index (χ0) is 30.3. The zero-order valence-electron chi connectivity index (χ0n) is 25.8. The summed E-state index contributed by atoms with van der Waals surface area (Å²) in [6, 6.07) is 0. The summed E-state index contributed by atoms with van der Waals surface area (Å²) in [4.78, 5) is 51.1. The summed E-state index contributed by atoms with van der Waals surface area (Å²) >= 11 is 0. The highest BCUT2D eigenvalue weighted by atomic mass is 16.6. The predicted molar refractivity (Wildman–Crippen MR) is 153 cm³/mol. The number of rotatable bonds is 8. The molecule has 0 heterocycles. The number of allylic oxidation sites excluding steroid dienone is 2. The van der Waals surface area contributed by atoms with Gasteiger partial charge >= 0.3 is 11.9 Å². The summed E-state index contributed by atoms with van der Waals surface area (Å²) in [5.41, 5.74) is -0.000337. The number of Topliss-reactive ketones (excluding diaryl/α,β-unsaturated/α-hetero) is 1. The maximum atomic E-state index is 13.7. The number of fused-ring (bicyclic) bond motifs is 2. The third kappa shape index (κ3) is 4.07. The molecular weight excluding hydrogens is 520 g/mol. The molecule has 0 aromatic heterocycles. The van der Waals surface area contributed by atoms with Crippen LogP contribution in [0, 0.1) is 57.2 Å². The Morgan fingerprint density at radius 3 is 2.39 bits per heavy atom. The first-order chi connectivity index (χ1) is 19.1. The average Bonchev–Trinajstić information content (AvgIpc) is 3.52. The van der Waals surface area contributed by atoms with Crippen LogP contribution in [0.15, 0.2) is 24.3 Å². The highest BCUT2D eigenvalue weighted by Crippen LogP contribution is 2.87. The van der Waals surface area contributed by atoms with Crippen LogP contribution in [0.25, 0.3) is 0 Å². The number of hydrogen-bond acceptors (Lipinski definition) is 7. The van der Waals surface area contributed by atoms with Crippen LogP contribution in [0.5, 0.6) is 0 Å². The van der Waals surface area contributed by atoms with E-state index in [-0.39, 0.29) is 63.2 Å². The molecule has 0 aliphatic heterocycles. The van der Waals surface area contributed by atoms with Gasteiger partial charge in [0, 0.05) is 44.1 Å². The van der Waals surface area contributed by atoms with Gasteiger partial charge in [-0.2, -0.15) is 0 Å². The molecule has 7 nitrogen and oxygen atoms in total. The SMILES string of the molecule is C=C(C(=O)[C@H](OC(C)=O)C(C)[C@H]1[C@@H](OC(C)=O)C[C@@]2(C)[C@@H]3CC[C@H]4[C@H](C)C(=O)C=CC45CC35CC[C@]12C)[C@@H](C)CO. The smallest absolute Gasteiger partial charge is 0.303 e. The Bertz CT molecular complexity index is 1200. The highest BCUT2D eigenvalue weighted by molar-refractivity contribution is 5.99. The molecule has 3 unspecified atom stereocenters. The van der Waals surface area contributed by atoms with Crippen molar-refractivity contribution in [3.8, 4) is 0 Å². The van der Waals surface area contributed by atoms with E-state index in [1.165, 1.54) is 13.8 Å². The molecule has 2 spiro atoms. The Morgan fingerprint density at radius 2 is 1.78 bits per heavy atom. The molecule has 0 saturated heterocycles. The monoisotopic (exact) mass is 568 g/mol. The first kappa shape index (κ1) is 30.2. The minimum Gasteiger partial charge on any atom is -0.462 e. The van der Waals surface area contributed by atoms with Crippen LogP contribution in [0.4, 0.5) is 0 Å². The van der Waals surface area contributed by atoms with Gasteiger partial charge in [-0.3, -0.25) is 19.2 Å². The van der Waals surface area contributed by atoms with E-state index in [9.17, 15) is 24.3 Å². The van der Waals surface area contributed by atoms with Gasteiger partial charge in [0.05, 0.1) is 0 Å². The fourth-order valence-electron chi connectivity index (χ4n) is 10.9. The van der Waals surface area contributed by atoms with E-state index < -0.39 is 30.0 Å². The van der Waals surface area contributed by atoms with Crippen LogP contribution < -0.4 is 0 Å². The van der Waals surface area contributed by atoms with Gasteiger partial charge in [0.25, 0.3) is 0 Å². The normalized spacial score (nSPS) is 44.3. The van der Waals surface area contributed by atoms with Crippen molar-refractivity contribution in [2.45, 2.75) is 99.2 Å². The van der Waals surface area contributed by atoms with Crippen molar-refractivity contribution >= 4 is 23.5 Å². The van der Waals surface area contributed by atoms with Crippen LogP contribution in [-0.2, 0) is 28.7 Å². The van der Waals surface area contributed by atoms with E-state index in [0.29, 0.717) is 18.3 Å². The predicted octanol–water partition coefficient (Wildman–Crippen LogP) is 5.24. The van der Waals surface area contributed by atoms with Gasteiger partial charge in [-0.05, 0) is 83.7 Å². The number of ether oxygens (including phenoxy) is 2. The Hall–Kier alpha value is -2.28. The molecule has 0 aromatic carbocycles. The zero-order valence-corrected chi connectivity index (χ0v) is 25.8. The van der Waals surface area contributed by atoms with E-state index in [0.717, 1.165) is 32.1 Å². The topological polar surface area (TPSA) is 107 Å². The summed E-state index contributed by atoms with van der Waals surface area (Å²) in [7, 11) is 0. The molecule has 5 rings (SSSR count). The fourth-order valence-corrected chi connectivity index (χ4v) is 10.9. The maximum absolute atomic E-state index is 13.7. The number of carbonyl (C=O) groups is 4. The molecule has 41 heavy (non-hydrogen) atoms. The van der Waals surface area contributed by atoms with Crippen LogP contribution >= 0.6 is 0 Å². The van der Waals surface area contributed by atoms with Gasteiger partial charge in [0.2, 0.25) is 0 Å². The molecule has 5 aliphatic carbocycles. The lowest BCUT2D eigenvalue weighted by Gasteiger charge is -2.61. The van der Waals surface area contributed by atoms with E-state index in [4.69, 9.17) is 9.47 Å². The molecule has 4 saturated carbocycles. The molecule has 0 aromatic rings. The maximum Gasteiger partial charge on any atom is 0.303 e. The molecule has 5 aliphatic rings. The summed E-state index contributed by atoms with van der Waals surface area (Å²) in [6.07, 6.45) is 8.38. The van der Waals surface area contributed by atoms with E-state index >= 15 is 0 Å². The quantitative estimate of drug-likeness (QED) is 0.315. The molecule has 4 fully saturated rings. The van der Waals surface area contributed by atoms with Crippen molar-refractivity contribution in [1.29, 1.82) is 0 Å². The lowest BCUT2D eigenvalue weighted by Crippen LogP contribution is -2.56. The highest BCUT2D eigenvalue weighted by Gasteiger charge is 2.81. The first-order valence-corrected chi connectivity index (χ1v) is 15.5. The second-order valence-corrected chi connectivity index (χ2v) is 14.7. The number of esters is 2. The first-order valence-electron chi connectivity index (χ1n) is 15.5. The average molecular weight is 569 g/mol. The van der Waals surface area contributed by atoms with Crippen molar-refractivity contribution in [3.05, 3.63) is 24.3 Å². The lowest BCUT2D eigenvalue weighted by molar-refractivity contribution is -0.166. The van der Waals surface area contributed by atoms with E-state index in [2.05, 4.69) is 33.4 Å². The standard InChI is InChI=1S/C34H48O7/c1-18(16-35)19(2)29(39)30(41-23(6)37)21(4)28-26(40-22(5)36)15-32(8)27-10-9-24-20(3)25(38)11-12-33(24)17-34(27,33)14-13-31(28,32)7/h11-12,18,20-21,24,26-28,30,35H,2,9-10,13-17H2,1,3-8H3/t18-,20-,21?,24-,26-,27-,28-,30+,31+,32-,33?,34?/m0/s1. The second-order valence-electron chi connectivity index (χ2n) is 14.7. The van der Waals surface area contributed by atoms with Crippen LogP contribution in [0.2, 0.25) is 0 Å². The van der Waals surface area contributed by atoms with Gasteiger partial charge in [-0.15, -0.1) is 0 Å². The summed E-state index contributed by atoms with van der Waals surface area (Å²) in [5, 5.41) is 9.69. The van der Waals surface area contributed by atoms with Crippen molar-refractivity contribution in [3.63, 3.8) is 0 Å². The van der Waals surface area contributed by atoms with Crippen LogP contribution in [-0.4, -0.2) is 47.4 Å². The van der Waals surface area contributed by atoms with Crippen molar-refractivity contribution in [2.24, 2.45) is 57.2 Å². The molecular formula is C34H48O7. The Balaban J connectivity index is 1.54. The minimum atomic E-state index is -1.08. The van der Waals surface area contributed by atoms with Gasteiger partial charge in [-0.25, -0.2) is 0 Å². The van der Waals surface area contributed by atoms with Crippen LogP contribution in [0.3, 0.4) is 0 Å². The largest absolute Gasteiger partial charge is 0.462 e. The van der Waals surface area contributed by atoms with Crippen LogP contribution in [0.1, 0.15) is 87.0 Å². The minimum absolute atomic E-state index is 0.0523. The molecule has 7 heteroatoms. The number of aliphatic hydroxyl groups excluding tert-OH is 1. The van der Waals surface area contributed by atoms with E-state index in [1.807, 2.05) is 13.0 Å². The molecule has 0 amide bonds. The van der Waals surface area contributed by atoms with Gasteiger partial charge in [0.15, 0.2) is 17.7 Å². The molecule has 0 bridgehead atoms. The summed E-state index contributed by atoms with van der Waals surface area (Å²) < 4.78 is 11.8. The third-order valence-corrected chi connectivity index (χ3v) is 13.1. The molecule has 0 radical (unpaired) electrons. The Morgan fingerprint density at radius 1 is 1.10 bits per heavy atom. The van der Waals surface area contributed by atoms with Gasteiger partial charge in [-0.1, -0.05) is 47.3 Å². The second kappa shape index (κ2) is 9.89. The lowest BCUT2D eigenvalue weighted by atomic mass is 9.43. The molecule has 1 N–H and O–H groups in total. The van der Waals surface area contributed by atoms with Crippen molar-refractivity contribution in [2.75, 3.05) is 6.61 Å². The van der Waals surface area contributed by atoms with Gasteiger partial charge < -0.3 is 14.6 Å².